The average Bonchev–Trinajstić information content (AvgIpc) is 2.46. The van der Waals surface area contributed by atoms with E-state index in [0.717, 1.165) is 37.1 Å². The first-order valence-corrected chi connectivity index (χ1v) is 8.20. The molecule has 0 aromatic heterocycles. The third-order valence-corrected chi connectivity index (χ3v) is 3.94. The Bertz CT molecular complexity index is 398. The summed E-state index contributed by atoms with van der Waals surface area (Å²) in [6, 6.07) is 6.88. The average molecular weight is 343 g/mol. The van der Waals surface area contributed by atoms with Crippen LogP contribution in [0.15, 0.2) is 22.7 Å². The van der Waals surface area contributed by atoms with Crippen LogP contribution in [0.4, 0.5) is 5.69 Å². The van der Waals surface area contributed by atoms with E-state index in [1.165, 1.54) is 11.3 Å². The third kappa shape index (κ3) is 5.08. The number of methoxy groups -OCH3 is 1. The Labute approximate surface area is 131 Å². The Balaban J connectivity index is 2.98. The van der Waals surface area contributed by atoms with E-state index in [9.17, 15) is 0 Å². The molecule has 1 N–H and O–H groups in total. The molecular formula is C16H27BrN2O. The number of nitrogens with one attached hydrogen (secondary N) is 1. The van der Waals surface area contributed by atoms with Gasteiger partial charge in [0.1, 0.15) is 0 Å². The Morgan fingerprint density at radius 2 is 2.10 bits per heavy atom. The van der Waals surface area contributed by atoms with Crippen LogP contribution in [0, 0.1) is 0 Å². The summed E-state index contributed by atoms with van der Waals surface area (Å²) in [7, 11) is 1.75. The second-order valence-corrected chi connectivity index (χ2v) is 5.87. The maximum absolute atomic E-state index is 5.22. The molecule has 1 unspecified atom stereocenters. The van der Waals surface area contributed by atoms with Crippen LogP contribution in [0.1, 0.15) is 38.8 Å². The van der Waals surface area contributed by atoms with Gasteiger partial charge >= 0.3 is 0 Å². The zero-order chi connectivity index (χ0) is 15.0. The van der Waals surface area contributed by atoms with E-state index in [1.807, 2.05) is 0 Å². The molecule has 114 valence electrons. The lowest BCUT2D eigenvalue weighted by Gasteiger charge is -2.28. The summed E-state index contributed by atoms with van der Waals surface area (Å²) in [5.41, 5.74) is 2.63. The zero-order valence-corrected chi connectivity index (χ0v) is 14.7. The maximum Gasteiger partial charge on any atom is 0.0637 e. The highest BCUT2D eigenvalue weighted by Crippen LogP contribution is 2.29. The van der Waals surface area contributed by atoms with Crippen LogP contribution >= 0.6 is 15.9 Å². The SMILES string of the molecule is CCCNC(C)c1cc(Br)ccc1N(CC)CCOC. The minimum absolute atomic E-state index is 0.346. The first-order valence-electron chi connectivity index (χ1n) is 7.40. The van der Waals surface area contributed by atoms with Crippen molar-refractivity contribution >= 4 is 21.6 Å². The Hall–Kier alpha value is -0.580. The molecule has 0 saturated heterocycles. The van der Waals surface area contributed by atoms with Gasteiger partial charge in [0.25, 0.3) is 0 Å². The van der Waals surface area contributed by atoms with Crippen molar-refractivity contribution in [3.8, 4) is 0 Å². The largest absolute Gasteiger partial charge is 0.383 e. The number of rotatable bonds is 9. The molecular weight excluding hydrogens is 316 g/mol. The van der Waals surface area contributed by atoms with Gasteiger partial charge in [-0.3, -0.25) is 0 Å². The van der Waals surface area contributed by atoms with Gasteiger partial charge in [-0.25, -0.2) is 0 Å². The van der Waals surface area contributed by atoms with Gasteiger partial charge < -0.3 is 15.0 Å². The molecule has 1 rings (SSSR count). The molecule has 0 amide bonds. The molecule has 0 aliphatic carbocycles. The van der Waals surface area contributed by atoms with Gasteiger partial charge in [-0.1, -0.05) is 22.9 Å². The number of hydrogen-bond donors (Lipinski definition) is 1. The van der Waals surface area contributed by atoms with Crippen LogP contribution < -0.4 is 10.2 Å². The fourth-order valence-corrected chi connectivity index (χ4v) is 2.66. The highest BCUT2D eigenvalue weighted by molar-refractivity contribution is 9.10. The van der Waals surface area contributed by atoms with E-state index in [-0.39, 0.29) is 0 Å². The number of halogens is 1. The van der Waals surface area contributed by atoms with Crippen LogP contribution in [0.2, 0.25) is 0 Å². The minimum atomic E-state index is 0.346. The molecule has 0 aliphatic rings. The summed E-state index contributed by atoms with van der Waals surface area (Å²) >= 11 is 3.59. The number of hydrogen-bond acceptors (Lipinski definition) is 3. The van der Waals surface area contributed by atoms with Crippen molar-refractivity contribution in [2.45, 2.75) is 33.2 Å². The maximum atomic E-state index is 5.22. The van der Waals surface area contributed by atoms with Crippen molar-refractivity contribution in [2.75, 3.05) is 38.3 Å². The van der Waals surface area contributed by atoms with Gasteiger partial charge in [0.15, 0.2) is 0 Å². The molecule has 0 aliphatic heterocycles. The fourth-order valence-electron chi connectivity index (χ4n) is 2.28. The van der Waals surface area contributed by atoms with Crippen LogP contribution in [-0.4, -0.2) is 33.4 Å². The van der Waals surface area contributed by atoms with E-state index in [0.29, 0.717) is 6.04 Å². The van der Waals surface area contributed by atoms with Crippen molar-refractivity contribution < 1.29 is 4.74 Å². The lowest BCUT2D eigenvalue weighted by molar-refractivity contribution is 0.205. The molecule has 0 bridgehead atoms. The lowest BCUT2D eigenvalue weighted by Crippen LogP contribution is -2.29. The standard InChI is InChI=1S/C16H27BrN2O/c1-5-9-18-13(3)15-12-14(17)7-8-16(15)19(6-2)10-11-20-4/h7-8,12-13,18H,5-6,9-11H2,1-4H3. The van der Waals surface area contributed by atoms with Crippen LogP contribution in [0.5, 0.6) is 0 Å². The summed E-state index contributed by atoms with van der Waals surface area (Å²) in [6.45, 7) is 10.3. The minimum Gasteiger partial charge on any atom is -0.383 e. The summed E-state index contributed by atoms with van der Waals surface area (Å²) in [5, 5.41) is 3.57. The van der Waals surface area contributed by atoms with Crippen molar-refractivity contribution in [2.24, 2.45) is 0 Å². The van der Waals surface area contributed by atoms with E-state index >= 15 is 0 Å². The van der Waals surface area contributed by atoms with Crippen LogP contribution in [-0.2, 0) is 4.74 Å². The van der Waals surface area contributed by atoms with Gasteiger partial charge in [0.2, 0.25) is 0 Å². The highest BCUT2D eigenvalue weighted by Gasteiger charge is 2.15. The van der Waals surface area contributed by atoms with Crippen LogP contribution in [0.3, 0.4) is 0 Å². The smallest absolute Gasteiger partial charge is 0.0637 e. The molecule has 1 atom stereocenters. The van der Waals surface area contributed by atoms with E-state index in [1.54, 1.807) is 7.11 Å². The topological polar surface area (TPSA) is 24.5 Å². The summed E-state index contributed by atoms with van der Waals surface area (Å²) in [6.07, 6.45) is 1.15. The van der Waals surface area contributed by atoms with Crippen molar-refractivity contribution in [1.29, 1.82) is 0 Å². The molecule has 0 fully saturated rings. The molecule has 20 heavy (non-hydrogen) atoms. The third-order valence-electron chi connectivity index (χ3n) is 3.44. The summed E-state index contributed by atoms with van der Waals surface area (Å²) < 4.78 is 6.35. The summed E-state index contributed by atoms with van der Waals surface area (Å²) in [4.78, 5) is 2.37. The van der Waals surface area contributed by atoms with Crippen molar-refractivity contribution in [1.82, 2.24) is 5.32 Å². The van der Waals surface area contributed by atoms with Crippen molar-refractivity contribution in [3.63, 3.8) is 0 Å². The molecule has 4 heteroatoms. The molecule has 1 aromatic rings. The Morgan fingerprint density at radius 3 is 2.70 bits per heavy atom. The van der Waals surface area contributed by atoms with Gasteiger partial charge in [-0.2, -0.15) is 0 Å². The normalized spacial score (nSPS) is 12.4. The van der Waals surface area contributed by atoms with Gasteiger partial charge in [-0.15, -0.1) is 0 Å². The van der Waals surface area contributed by atoms with E-state index in [4.69, 9.17) is 4.74 Å². The van der Waals surface area contributed by atoms with Gasteiger partial charge in [-0.05, 0) is 50.6 Å². The first kappa shape index (κ1) is 17.5. The van der Waals surface area contributed by atoms with E-state index < -0.39 is 0 Å². The highest BCUT2D eigenvalue weighted by atomic mass is 79.9. The predicted octanol–water partition coefficient (Wildman–Crippen LogP) is 3.98. The molecule has 0 spiro atoms. The van der Waals surface area contributed by atoms with Gasteiger partial charge in [0, 0.05) is 36.4 Å². The summed E-state index contributed by atoms with van der Waals surface area (Å²) in [5.74, 6) is 0. The molecule has 0 radical (unpaired) electrons. The zero-order valence-electron chi connectivity index (χ0n) is 13.1. The predicted molar refractivity (Wildman–Crippen MR) is 90.6 cm³/mol. The number of anilines is 1. The number of benzene rings is 1. The number of nitrogens with zero attached hydrogens (tertiary/aromatic N) is 1. The number of ether oxygens (including phenoxy) is 1. The molecule has 0 heterocycles. The Kier molecular flexibility index (Phi) is 8.19. The second-order valence-electron chi connectivity index (χ2n) is 4.95. The number of likely N-dealkylation sites (N-methyl/N-ethyl adjacent to an activating group) is 1. The monoisotopic (exact) mass is 342 g/mol. The first-order chi connectivity index (χ1) is 9.63. The molecule has 0 saturated carbocycles. The molecule has 1 aromatic carbocycles. The quantitative estimate of drug-likeness (QED) is 0.734. The van der Waals surface area contributed by atoms with E-state index in [2.05, 4.69) is 65.1 Å². The molecule has 3 nitrogen and oxygen atoms in total. The van der Waals surface area contributed by atoms with Crippen molar-refractivity contribution in [3.05, 3.63) is 28.2 Å². The second kappa shape index (κ2) is 9.37. The fraction of sp³-hybridized carbons (Fsp3) is 0.625. The lowest BCUT2D eigenvalue weighted by atomic mass is 10.0. The van der Waals surface area contributed by atoms with Crippen LogP contribution in [0.25, 0.3) is 0 Å². The van der Waals surface area contributed by atoms with Gasteiger partial charge in [0.05, 0.1) is 6.61 Å². The Morgan fingerprint density at radius 1 is 1.35 bits per heavy atom.